The van der Waals surface area contributed by atoms with Crippen LogP contribution in [-0.4, -0.2) is 29.8 Å². The number of thioether (sulfide) groups is 1. The lowest BCUT2D eigenvalue weighted by atomic mass is 10.2. The zero-order valence-corrected chi connectivity index (χ0v) is 10.5. The molecular weight excluding hydrogens is 239 g/mol. The maximum absolute atomic E-state index is 13.7. The van der Waals surface area contributed by atoms with Gasteiger partial charge in [0, 0.05) is 24.4 Å². The summed E-state index contributed by atoms with van der Waals surface area (Å²) in [4.78, 5) is 13.5. The Hall–Kier alpha value is -1.23. The van der Waals surface area contributed by atoms with Crippen LogP contribution in [0.15, 0.2) is 24.3 Å². The first kappa shape index (κ1) is 12.2. The van der Waals surface area contributed by atoms with E-state index in [0.717, 1.165) is 5.75 Å². The Labute approximate surface area is 104 Å². The quantitative estimate of drug-likeness (QED) is 0.880. The SMILES string of the molecule is CCNC(=O)N1CCSC1c1ccccc1F. The van der Waals surface area contributed by atoms with Crippen molar-refractivity contribution in [3.05, 3.63) is 35.6 Å². The molecule has 1 unspecified atom stereocenters. The highest BCUT2D eigenvalue weighted by atomic mass is 32.2. The minimum Gasteiger partial charge on any atom is -0.338 e. The molecule has 0 bridgehead atoms. The van der Waals surface area contributed by atoms with E-state index in [1.165, 1.54) is 6.07 Å². The van der Waals surface area contributed by atoms with E-state index in [1.807, 2.05) is 6.92 Å². The van der Waals surface area contributed by atoms with Crippen LogP contribution in [0.5, 0.6) is 0 Å². The first-order valence-corrected chi connectivity index (χ1v) is 6.69. The van der Waals surface area contributed by atoms with Crippen LogP contribution in [-0.2, 0) is 0 Å². The molecule has 0 aromatic heterocycles. The van der Waals surface area contributed by atoms with Crippen molar-refractivity contribution in [1.82, 2.24) is 10.2 Å². The van der Waals surface area contributed by atoms with E-state index in [9.17, 15) is 9.18 Å². The molecule has 0 spiro atoms. The largest absolute Gasteiger partial charge is 0.338 e. The molecule has 3 nitrogen and oxygen atoms in total. The second-order valence-corrected chi connectivity index (χ2v) is 4.96. The molecule has 92 valence electrons. The summed E-state index contributed by atoms with van der Waals surface area (Å²) in [6.45, 7) is 3.12. The van der Waals surface area contributed by atoms with Crippen LogP contribution in [0, 0.1) is 5.82 Å². The van der Waals surface area contributed by atoms with Gasteiger partial charge in [0.2, 0.25) is 0 Å². The summed E-state index contributed by atoms with van der Waals surface area (Å²) < 4.78 is 13.7. The fourth-order valence-electron chi connectivity index (χ4n) is 1.86. The van der Waals surface area contributed by atoms with Crippen LogP contribution < -0.4 is 5.32 Å². The molecule has 1 heterocycles. The zero-order valence-electron chi connectivity index (χ0n) is 9.65. The molecule has 0 radical (unpaired) electrons. The van der Waals surface area contributed by atoms with E-state index < -0.39 is 0 Å². The molecule has 5 heteroatoms. The summed E-state index contributed by atoms with van der Waals surface area (Å²) in [6, 6.07) is 6.52. The van der Waals surface area contributed by atoms with Gasteiger partial charge in [-0.25, -0.2) is 9.18 Å². The molecule has 1 atom stereocenters. The molecule has 0 aliphatic carbocycles. The molecule has 17 heavy (non-hydrogen) atoms. The van der Waals surface area contributed by atoms with E-state index in [1.54, 1.807) is 34.9 Å². The number of halogens is 1. The summed E-state index contributed by atoms with van der Waals surface area (Å²) in [7, 11) is 0. The maximum Gasteiger partial charge on any atom is 0.318 e. The van der Waals surface area contributed by atoms with Gasteiger partial charge < -0.3 is 10.2 Å². The Morgan fingerprint density at radius 1 is 1.59 bits per heavy atom. The number of carbonyl (C=O) groups is 1. The fraction of sp³-hybridized carbons (Fsp3) is 0.417. The normalized spacial score (nSPS) is 19.4. The highest BCUT2D eigenvalue weighted by Gasteiger charge is 2.31. The number of nitrogens with one attached hydrogen (secondary N) is 1. The van der Waals surface area contributed by atoms with Crippen molar-refractivity contribution in [2.24, 2.45) is 0 Å². The lowest BCUT2D eigenvalue weighted by Crippen LogP contribution is -2.39. The third-order valence-corrected chi connectivity index (χ3v) is 3.89. The average Bonchev–Trinajstić information content (AvgIpc) is 2.79. The number of benzene rings is 1. The number of hydrogen-bond acceptors (Lipinski definition) is 2. The van der Waals surface area contributed by atoms with Crippen molar-refractivity contribution in [1.29, 1.82) is 0 Å². The molecule has 2 amide bonds. The molecule has 1 N–H and O–H groups in total. The Morgan fingerprint density at radius 2 is 2.35 bits per heavy atom. The number of rotatable bonds is 2. The standard InChI is InChI=1S/C12H15FN2OS/c1-2-14-12(16)15-7-8-17-11(15)9-5-3-4-6-10(9)13/h3-6,11H,2,7-8H2,1H3,(H,14,16). The predicted octanol–water partition coefficient (Wildman–Crippen LogP) is 2.60. The minimum atomic E-state index is -0.249. The van der Waals surface area contributed by atoms with Gasteiger partial charge in [0.15, 0.2) is 0 Å². The monoisotopic (exact) mass is 254 g/mol. The second-order valence-electron chi connectivity index (χ2n) is 3.77. The zero-order chi connectivity index (χ0) is 12.3. The number of amides is 2. The van der Waals surface area contributed by atoms with Crippen molar-refractivity contribution >= 4 is 17.8 Å². The van der Waals surface area contributed by atoms with Gasteiger partial charge in [-0.1, -0.05) is 18.2 Å². The maximum atomic E-state index is 13.7. The van der Waals surface area contributed by atoms with Crippen LogP contribution in [0.3, 0.4) is 0 Å². The van der Waals surface area contributed by atoms with Crippen LogP contribution in [0.2, 0.25) is 0 Å². The number of carbonyl (C=O) groups excluding carboxylic acids is 1. The van der Waals surface area contributed by atoms with Crippen molar-refractivity contribution in [3.8, 4) is 0 Å². The average molecular weight is 254 g/mol. The molecule has 1 aromatic rings. The van der Waals surface area contributed by atoms with Gasteiger partial charge >= 0.3 is 6.03 Å². The number of nitrogens with zero attached hydrogens (tertiary/aromatic N) is 1. The summed E-state index contributed by atoms with van der Waals surface area (Å²) >= 11 is 1.60. The third-order valence-electron chi connectivity index (χ3n) is 2.65. The van der Waals surface area contributed by atoms with E-state index in [4.69, 9.17) is 0 Å². The lowest BCUT2D eigenvalue weighted by Gasteiger charge is -2.24. The Morgan fingerprint density at radius 3 is 3.06 bits per heavy atom. The van der Waals surface area contributed by atoms with E-state index in [-0.39, 0.29) is 17.2 Å². The van der Waals surface area contributed by atoms with Gasteiger partial charge in [-0.05, 0) is 13.0 Å². The molecule has 1 saturated heterocycles. The summed E-state index contributed by atoms with van der Waals surface area (Å²) in [5.41, 5.74) is 0.584. The molecule has 1 aliphatic rings. The van der Waals surface area contributed by atoms with Crippen molar-refractivity contribution in [2.75, 3.05) is 18.8 Å². The lowest BCUT2D eigenvalue weighted by molar-refractivity contribution is 0.200. The van der Waals surface area contributed by atoms with Gasteiger partial charge in [0.25, 0.3) is 0 Å². The van der Waals surface area contributed by atoms with Crippen LogP contribution >= 0.6 is 11.8 Å². The molecular formula is C12H15FN2OS. The first-order valence-electron chi connectivity index (χ1n) is 5.64. The first-order chi connectivity index (χ1) is 8.24. The number of hydrogen-bond donors (Lipinski definition) is 1. The number of urea groups is 1. The van der Waals surface area contributed by atoms with Crippen molar-refractivity contribution in [2.45, 2.75) is 12.3 Å². The van der Waals surface area contributed by atoms with Gasteiger partial charge in [-0.15, -0.1) is 11.8 Å². The molecule has 2 rings (SSSR count). The van der Waals surface area contributed by atoms with Crippen LogP contribution in [0.1, 0.15) is 17.9 Å². The Balaban J connectivity index is 2.20. The predicted molar refractivity (Wildman–Crippen MR) is 67.4 cm³/mol. The molecule has 1 aliphatic heterocycles. The van der Waals surface area contributed by atoms with Crippen LogP contribution in [0.25, 0.3) is 0 Å². The molecule has 0 saturated carbocycles. The van der Waals surface area contributed by atoms with E-state index in [2.05, 4.69) is 5.32 Å². The van der Waals surface area contributed by atoms with Gasteiger partial charge in [-0.2, -0.15) is 0 Å². The minimum absolute atomic E-state index is 0.120. The Kier molecular flexibility index (Phi) is 3.89. The molecule has 1 aromatic carbocycles. The Bertz CT molecular complexity index is 413. The highest BCUT2D eigenvalue weighted by Crippen LogP contribution is 2.38. The summed E-state index contributed by atoms with van der Waals surface area (Å²) in [5.74, 6) is 0.594. The smallest absolute Gasteiger partial charge is 0.318 e. The molecule has 1 fully saturated rings. The van der Waals surface area contributed by atoms with Crippen molar-refractivity contribution in [3.63, 3.8) is 0 Å². The van der Waals surface area contributed by atoms with Gasteiger partial charge in [-0.3, -0.25) is 0 Å². The van der Waals surface area contributed by atoms with Crippen molar-refractivity contribution < 1.29 is 9.18 Å². The van der Waals surface area contributed by atoms with Gasteiger partial charge in [0.1, 0.15) is 11.2 Å². The van der Waals surface area contributed by atoms with Gasteiger partial charge in [0.05, 0.1) is 0 Å². The summed E-state index contributed by atoms with van der Waals surface area (Å²) in [6.07, 6.45) is 0. The fourth-order valence-corrected chi connectivity index (χ4v) is 3.14. The highest BCUT2D eigenvalue weighted by molar-refractivity contribution is 7.99. The van der Waals surface area contributed by atoms with Crippen LogP contribution in [0.4, 0.5) is 9.18 Å². The third kappa shape index (κ3) is 2.54. The van der Waals surface area contributed by atoms with E-state index in [0.29, 0.717) is 18.7 Å². The van der Waals surface area contributed by atoms with E-state index >= 15 is 0 Å². The second kappa shape index (κ2) is 5.40. The topological polar surface area (TPSA) is 32.3 Å². The summed E-state index contributed by atoms with van der Waals surface area (Å²) in [5, 5.41) is 2.55.